The fraction of sp³-hybridized carbons (Fsp3) is 0.250. The highest BCUT2D eigenvalue weighted by molar-refractivity contribution is 5.86. The van der Waals surface area contributed by atoms with Gasteiger partial charge in [-0.15, -0.1) is 5.10 Å². The Labute approximate surface area is 108 Å². The molecule has 1 heterocycles. The number of halogens is 1. The second-order valence-corrected chi connectivity index (χ2v) is 3.94. The maximum absolute atomic E-state index is 12.8. The summed E-state index contributed by atoms with van der Waals surface area (Å²) in [4.78, 5) is 11.0. The summed E-state index contributed by atoms with van der Waals surface area (Å²) in [5, 5.41) is 25.2. The molecule has 100 valence electrons. The van der Waals surface area contributed by atoms with Gasteiger partial charge in [0.15, 0.2) is 5.69 Å². The van der Waals surface area contributed by atoms with Crippen molar-refractivity contribution >= 4 is 5.97 Å². The molecule has 2 rings (SSSR count). The van der Waals surface area contributed by atoms with E-state index in [-0.39, 0.29) is 31.1 Å². The quantitative estimate of drug-likeness (QED) is 0.830. The van der Waals surface area contributed by atoms with Crippen LogP contribution in [0.15, 0.2) is 24.3 Å². The normalized spacial score (nSPS) is 10.6. The first-order valence-corrected chi connectivity index (χ1v) is 5.62. The van der Waals surface area contributed by atoms with Gasteiger partial charge in [0, 0.05) is 6.42 Å². The van der Waals surface area contributed by atoms with Crippen molar-refractivity contribution in [1.29, 1.82) is 0 Å². The van der Waals surface area contributed by atoms with Crippen LogP contribution in [0.3, 0.4) is 0 Å². The minimum absolute atomic E-state index is 0.155. The number of rotatable bonds is 5. The van der Waals surface area contributed by atoms with Crippen molar-refractivity contribution in [3.63, 3.8) is 0 Å². The summed E-state index contributed by atoms with van der Waals surface area (Å²) in [6.07, 6.45) is 0.259. The van der Waals surface area contributed by atoms with Crippen LogP contribution < -0.4 is 0 Å². The summed E-state index contributed by atoms with van der Waals surface area (Å²) in [5.41, 5.74) is 0.969. The monoisotopic (exact) mass is 265 g/mol. The van der Waals surface area contributed by atoms with Crippen molar-refractivity contribution in [2.75, 3.05) is 6.61 Å². The van der Waals surface area contributed by atoms with E-state index in [4.69, 9.17) is 10.2 Å². The second-order valence-electron chi connectivity index (χ2n) is 3.94. The van der Waals surface area contributed by atoms with Crippen LogP contribution >= 0.6 is 0 Å². The zero-order valence-electron chi connectivity index (χ0n) is 9.95. The predicted molar refractivity (Wildman–Crippen MR) is 63.3 cm³/mol. The van der Waals surface area contributed by atoms with Crippen molar-refractivity contribution in [2.45, 2.75) is 13.0 Å². The summed E-state index contributed by atoms with van der Waals surface area (Å²) in [5.74, 6) is -1.54. The molecule has 1 aromatic carbocycles. The van der Waals surface area contributed by atoms with Gasteiger partial charge in [-0.2, -0.15) is 0 Å². The minimum Gasteiger partial charge on any atom is -0.476 e. The van der Waals surface area contributed by atoms with E-state index < -0.39 is 5.97 Å². The first kappa shape index (κ1) is 13.2. The fourth-order valence-electron chi connectivity index (χ4n) is 1.74. The molecule has 19 heavy (non-hydrogen) atoms. The third-order valence-corrected chi connectivity index (χ3v) is 2.64. The molecule has 0 amide bonds. The van der Waals surface area contributed by atoms with Crippen LogP contribution in [0, 0.1) is 5.82 Å². The lowest BCUT2D eigenvalue weighted by Crippen LogP contribution is -2.11. The third-order valence-electron chi connectivity index (χ3n) is 2.64. The predicted octanol–water partition coefficient (Wildman–Crippen LogP) is 0.698. The number of aliphatic hydroxyl groups excluding tert-OH is 1. The summed E-state index contributed by atoms with van der Waals surface area (Å²) in [7, 11) is 0. The number of hydrogen-bond acceptors (Lipinski definition) is 4. The maximum atomic E-state index is 12.8. The lowest BCUT2D eigenvalue weighted by Gasteiger charge is -2.05. The summed E-state index contributed by atoms with van der Waals surface area (Å²) >= 11 is 0. The Kier molecular flexibility index (Phi) is 3.86. The highest BCUT2D eigenvalue weighted by Crippen LogP contribution is 2.13. The van der Waals surface area contributed by atoms with Gasteiger partial charge in [-0.1, -0.05) is 17.3 Å². The van der Waals surface area contributed by atoms with E-state index in [1.165, 1.54) is 16.8 Å². The first-order chi connectivity index (χ1) is 9.11. The third kappa shape index (κ3) is 2.94. The standard InChI is InChI=1S/C12H12FN3O3/c13-9-3-1-8(2-4-9)7-10-11(12(18)19)14-15-16(10)5-6-17/h1-4,17H,5-7H2,(H,18,19). The largest absolute Gasteiger partial charge is 0.476 e. The molecule has 0 spiro atoms. The molecular formula is C12H12FN3O3. The number of carbonyl (C=O) groups is 1. The van der Waals surface area contributed by atoms with Crippen molar-refractivity contribution in [3.8, 4) is 0 Å². The zero-order valence-corrected chi connectivity index (χ0v) is 9.95. The van der Waals surface area contributed by atoms with Crippen molar-refractivity contribution < 1.29 is 19.4 Å². The average Bonchev–Trinajstić information content (AvgIpc) is 2.76. The molecule has 0 aliphatic carbocycles. The molecule has 0 aliphatic rings. The number of aliphatic hydroxyl groups is 1. The Morgan fingerprint density at radius 2 is 2.00 bits per heavy atom. The van der Waals surface area contributed by atoms with E-state index in [0.717, 1.165) is 5.56 Å². The molecule has 0 atom stereocenters. The molecule has 0 fully saturated rings. The molecule has 6 nitrogen and oxygen atoms in total. The summed E-state index contributed by atoms with van der Waals surface area (Å²) in [6.45, 7) is -0.00432. The van der Waals surface area contributed by atoms with Gasteiger partial charge in [0.25, 0.3) is 0 Å². The molecule has 0 aliphatic heterocycles. The Morgan fingerprint density at radius 3 is 2.58 bits per heavy atom. The number of benzene rings is 1. The molecule has 2 N–H and O–H groups in total. The molecule has 7 heteroatoms. The highest BCUT2D eigenvalue weighted by atomic mass is 19.1. The molecular weight excluding hydrogens is 253 g/mol. The van der Waals surface area contributed by atoms with Gasteiger partial charge in [0.05, 0.1) is 18.8 Å². The lowest BCUT2D eigenvalue weighted by atomic mass is 10.1. The fourth-order valence-corrected chi connectivity index (χ4v) is 1.74. The zero-order chi connectivity index (χ0) is 13.8. The minimum atomic E-state index is -1.18. The van der Waals surface area contributed by atoms with Gasteiger partial charge in [0.2, 0.25) is 0 Å². The Balaban J connectivity index is 2.33. The summed E-state index contributed by atoms with van der Waals surface area (Å²) in [6, 6.07) is 5.74. The van der Waals surface area contributed by atoms with Gasteiger partial charge in [-0.05, 0) is 17.7 Å². The second kappa shape index (κ2) is 5.57. The molecule has 0 unspecified atom stereocenters. The van der Waals surface area contributed by atoms with Crippen molar-refractivity contribution in [1.82, 2.24) is 15.0 Å². The van der Waals surface area contributed by atoms with E-state index in [0.29, 0.717) is 5.69 Å². The summed E-state index contributed by atoms with van der Waals surface area (Å²) < 4.78 is 14.2. The van der Waals surface area contributed by atoms with Crippen LogP contribution in [-0.2, 0) is 13.0 Å². The van der Waals surface area contributed by atoms with Crippen LogP contribution in [0.5, 0.6) is 0 Å². The molecule has 0 saturated carbocycles. The van der Waals surface area contributed by atoms with Gasteiger partial charge < -0.3 is 10.2 Å². The van der Waals surface area contributed by atoms with Crippen LogP contribution in [-0.4, -0.2) is 37.8 Å². The number of aromatic carboxylic acids is 1. The molecule has 2 aromatic rings. The van der Waals surface area contributed by atoms with Crippen molar-refractivity contribution in [2.24, 2.45) is 0 Å². The van der Waals surface area contributed by atoms with Gasteiger partial charge in [0.1, 0.15) is 5.82 Å². The Hall–Kier alpha value is -2.28. The Bertz CT molecular complexity index is 580. The number of aromatic nitrogens is 3. The first-order valence-electron chi connectivity index (χ1n) is 5.62. The van der Waals surface area contributed by atoms with E-state index >= 15 is 0 Å². The highest BCUT2D eigenvalue weighted by Gasteiger charge is 2.18. The van der Waals surface area contributed by atoms with Crippen molar-refractivity contribution in [3.05, 3.63) is 47.0 Å². The van der Waals surface area contributed by atoms with Crippen LogP contribution in [0.25, 0.3) is 0 Å². The van der Waals surface area contributed by atoms with E-state index in [1.54, 1.807) is 12.1 Å². The molecule has 0 radical (unpaired) electrons. The van der Waals surface area contributed by atoms with Gasteiger partial charge in [-0.25, -0.2) is 13.9 Å². The topological polar surface area (TPSA) is 88.2 Å². The SMILES string of the molecule is O=C(O)c1nnn(CCO)c1Cc1ccc(F)cc1. The smallest absolute Gasteiger partial charge is 0.358 e. The molecule has 1 aromatic heterocycles. The number of carboxylic acids is 1. The molecule has 0 bridgehead atoms. The average molecular weight is 265 g/mol. The molecule has 0 saturated heterocycles. The van der Waals surface area contributed by atoms with Crippen LogP contribution in [0.1, 0.15) is 21.7 Å². The van der Waals surface area contributed by atoms with E-state index in [2.05, 4.69) is 10.3 Å². The van der Waals surface area contributed by atoms with E-state index in [9.17, 15) is 9.18 Å². The lowest BCUT2D eigenvalue weighted by molar-refractivity contribution is 0.0689. The van der Waals surface area contributed by atoms with E-state index in [1.807, 2.05) is 0 Å². The number of hydrogen-bond donors (Lipinski definition) is 2. The van der Waals surface area contributed by atoms with Crippen LogP contribution in [0.4, 0.5) is 4.39 Å². The van der Waals surface area contributed by atoms with Crippen LogP contribution in [0.2, 0.25) is 0 Å². The Morgan fingerprint density at radius 1 is 1.32 bits per heavy atom. The number of carboxylic acid groups (broad SMARTS) is 1. The van der Waals surface area contributed by atoms with Gasteiger partial charge >= 0.3 is 5.97 Å². The van der Waals surface area contributed by atoms with Gasteiger partial charge in [-0.3, -0.25) is 0 Å². The maximum Gasteiger partial charge on any atom is 0.358 e. The number of nitrogens with zero attached hydrogens (tertiary/aromatic N) is 3.